The predicted molar refractivity (Wildman–Crippen MR) is 20.6 cm³/mol. The van der Waals surface area contributed by atoms with Gasteiger partial charge in [0.25, 0.3) is 0 Å². The summed E-state index contributed by atoms with van der Waals surface area (Å²) in [6.07, 6.45) is 0. The van der Waals surface area contributed by atoms with Gasteiger partial charge in [0.05, 0.1) is 0 Å². The van der Waals surface area contributed by atoms with E-state index in [4.69, 9.17) is 0 Å². The van der Waals surface area contributed by atoms with Crippen LogP contribution in [0.4, 0.5) is 0 Å². The Hall–Kier alpha value is 0.826. The van der Waals surface area contributed by atoms with E-state index < -0.39 is 0 Å². The van der Waals surface area contributed by atoms with Crippen LogP contribution in [-0.4, -0.2) is 33.0 Å². The molecule has 0 amide bonds. The van der Waals surface area contributed by atoms with Crippen LogP contribution in [0, 0.1) is 0 Å². The summed E-state index contributed by atoms with van der Waals surface area (Å²) in [5.74, 6) is 0. The van der Waals surface area contributed by atoms with Crippen molar-refractivity contribution >= 4 is 33.0 Å². The Bertz CT molecular complexity index is 19.2. The quantitative estimate of drug-likeness (QED) is 0.443. The second-order valence-electron chi connectivity index (χ2n) is 0.333. The molecule has 0 unspecified atom stereocenters. The van der Waals surface area contributed by atoms with E-state index in [-0.39, 0.29) is 0 Å². The molecule has 0 fully saturated rings. The van der Waals surface area contributed by atoms with Crippen LogP contribution < -0.4 is 0 Å². The first kappa shape index (κ1) is 4.83. The zero-order chi connectivity index (χ0) is 3.41. The van der Waals surface area contributed by atoms with Gasteiger partial charge < -0.3 is 0 Å². The fraction of sp³-hybridized carbons (Fsp3) is 0. The molecule has 0 aromatic rings. The normalized spacial score (nSPS) is 9.50. The van der Waals surface area contributed by atoms with Crippen LogP contribution in [0.25, 0.3) is 0 Å². The van der Waals surface area contributed by atoms with Crippen LogP contribution >= 0.6 is 0 Å². The summed E-state index contributed by atoms with van der Waals surface area (Å²) >= 11 is 4.00. The van der Waals surface area contributed by atoms with Crippen molar-refractivity contribution in [3.05, 3.63) is 9.82 Å². The van der Waals surface area contributed by atoms with Crippen LogP contribution in [0.1, 0.15) is 0 Å². The first-order valence-corrected chi connectivity index (χ1v) is 3.33. The van der Waals surface area contributed by atoms with E-state index in [1.807, 2.05) is 42.8 Å². The van der Waals surface area contributed by atoms with Gasteiger partial charge in [-0.25, -0.2) is 0 Å². The maximum atomic E-state index is 2.00. The van der Waals surface area contributed by atoms with Gasteiger partial charge in [-0.05, 0) is 0 Å². The summed E-state index contributed by atoms with van der Waals surface area (Å²) in [7, 11) is 0. The molecule has 0 N–H and O–H groups in total. The molecule has 0 aromatic carbocycles. The second-order valence-corrected chi connectivity index (χ2v) is 1.73. The molecule has 0 saturated heterocycles. The minimum absolute atomic E-state index is 2.00. The Morgan fingerprint density at radius 2 is 1.25 bits per heavy atom. The molecule has 0 saturated carbocycles. The standard InChI is InChI=1S/C2H2Ge2/c3-1-2-4/h1-2H/b2-1-. The molecule has 0 aliphatic carbocycles. The summed E-state index contributed by atoms with van der Waals surface area (Å²) in [6, 6.07) is 0. The molecule has 0 heterocycles. The van der Waals surface area contributed by atoms with Crippen molar-refractivity contribution < 1.29 is 0 Å². The molecule has 0 aliphatic heterocycles. The third-order valence-corrected chi connectivity index (χ3v) is 2.25. The van der Waals surface area contributed by atoms with Crippen molar-refractivity contribution in [2.75, 3.05) is 0 Å². The first-order valence-electron chi connectivity index (χ1n) is 0.911. The molecule has 0 aliphatic rings. The van der Waals surface area contributed by atoms with E-state index in [1.54, 1.807) is 0 Å². The van der Waals surface area contributed by atoms with Crippen LogP contribution in [0.3, 0.4) is 0 Å². The van der Waals surface area contributed by atoms with Gasteiger partial charge in [-0.3, -0.25) is 0 Å². The van der Waals surface area contributed by atoms with Gasteiger partial charge in [-0.1, -0.05) is 0 Å². The van der Waals surface area contributed by atoms with Gasteiger partial charge in [0, 0.05) is 0 Å². The first-order chi connectivity index (χ1) is 1.91. The van der Waals surface area contributed by atoms with E-state index in [9.17, 15) is 0 Å². The molecule has 0 rings (SSSR count). The van der Waals surface area contributed by atoms with Gasteiger partial charge in [-0.15, -0.1) is 0 Å². The van der Waals surface area contributed by atoms with Crippen LogP contribution in [0.2, 0.25) is 0 Å². The zero-order valence-corrected chi connectivity index (χ0v) is 6.35. The zero-order valence-electron chi connectivity index (χ0n) is 2.15. The van der Waals surface area contributed by atoms with Crippen molar-refractivity contribution in [2.24, 2.45) is 0 Å². The molecule has 18 valence electrons. The Morgan fingerprint density at radius 1 is 1.00 bits per heavy atom. The van der Waals surface area contributed by atoms with Crippen molar-refractivity contribution in [1.82, 2.24) is 0 Å². The number of hydrogen-bond acceptors (Lipinski definition) is 0. The third kappa shape index (κ3) is 2.83. The van der Waals surface area contributed by atoms with Gasteiger partial charge >= 0.3 is 42.8 Å². The van der Waals surface area contributed by atoms with Crippen LogP contribution in [0.5, 0.6) is 0 Å². The van der Waals surface area contributed by atoms with Crippen molar-refractivity contribution in [3.8, 4) is 0 Å². The fourth-order valence-corrected chi connectivity index (χ4v) is 0. The summed E-state index contributed by atoms with van der Waals surface area (Å²) in [6.45, 7) is 0. The fourth-order valence-electron chi connectivity index (χ4n) is 0. The van der Waals surface area contributed by atoms with E-state index in [1.165, 1.54) is 0 Å². The minimum atomic E-state index is 2.00. The van der Waals surface area contributed by atoms with Crippen LogP contribution in [0.15, 0.2) is 9.82 Å². The molecule has 2 heteroatoms. The van der Waals surface area contributed by atoms with Crippen molar-refractivity contribution in [3.63, 3.8) is 0 Å². The Kier molecular flexibility index (Phi) is 4.62. The summed E-state index contributed by atoms with van der Waals surface area (Å²) in [4.78, 5) is 4.00. The average molecular weight is 171 g/mol. The van der Waals surface area contributed by atoms with Gasteiger partial charge in [0.15, 0.2) is 0 Å². The topological polar surface area (TPSA) is 0 Å². The Morgan fingerprint density at radius 3 is 1.25 bits per heavy atom. The Labute approximate surface area is 43.1 Å². The second kappa shape index (κ2) is 3.83. The Balaban J connectivity index is 2.55. The molecular weight excluding hydrogens is 169 g/mol. The number of hydrogen-bond donors (Lipinski definition) is 0. The van der Waals surface area contributed by atoms with Gasteiger partial charge in [-0.2, -0.15) is 0 Å². The molecule has 4 heavy (non-hydrogen) atoms. The molecule has 0 aromatic heterocycles. The summed E-state index contributed by atoms with van der Waals surface area (Å²) < 4.78 is 0. The van der Waals surface area contributed by atoms with Crippen LogP contribution in [-0.2, 0) is 0 Å². The van der Waals surface area contributed by atoms with E-state index in [0.717, 1.165) is 0 Å². The molecule has 0 atom stereocenters. The molecule has 0 bridgehead atoms. The SMILES string of the molecule is [Ge]/[CH]=[CH]\[Ge]. The third-order valence-electron chi connectivity index (χ3n) is 0.0833. The van der Waals surface area contributed by atoms with E-state index >= 15 is 0 Å². The molecular formula is C2H2Ge2. The number of rotatable bonds is 0. The summed E-state index contributed by atoms with van der Waals surface area (Å²) in [5, 5.41) is 0. The predicted octanol–water partition coefficient (Wildman–Crippen LogP) is -0.205. The molecule has 6 radical (unpaired) electrons. The van der Waals surface area contributed by atoms with E-state index in [2.05, 4.69) is 0 Å². The van der Waals surface area contributed by atoms with Gasteiger partial charge in [0.2, 0.25) is 0 Å². The molecule has 0 spiro atoms. The van der Waals surface area contributed by atoms with Gasteiger partial charge in [0.1, 0.15) is 0 Å². The molecule has 0 nitrogen and oxygen atoms in total. The summed E-state index contributed by atoms with van der Waals surface area (Å²) in [5.41, 5.74) is 0. The van der Waals surface area contributed by atoms with E-state index in [0.29, 0.717) is 0 Å². The maximum absolute atomic E-state index is 2.00. The monoisotopic (exact) mass is 174 g/mol. The van der Waals surface area contributed by atoms with Crippen molar-refractivity contribution in [2.45, 2.75) is 0 Å². The average Bonchev–Trinajstić information content (AvgIpc) is 1.37. The van der Waals surface area contributed by atoms with Crippen molar-refractivity contribution in [1.29, 1.82) is 0 Å².